The van der Waals surface area contributed by atoms with E-state index in [0.29, 0.717) is 12.2 Å². The van der Waals surface area contributed by atoms with Crippen LogP contribution in [-0.4, -0.2) is 25.6 Å². The average molecular weight is 312 g/mol. The van der Waals surface area contributed by atoms with Crippen LogP contribution >= 0.6 is 0 Å². The number of benzene rings is 2. The quantitative estimate of drug-likeness (QED) is 0.833. The number of rotatable bonds is 7. The van der Waals surface area contributed by atoms with Crippen molar-refractivity contribution in [3.8, 4) is 5.75 Å². The lowest BCUT2D eigenvalue weighted by Gasteiger charge is -2.21. The molecule has 4 nitrogen and oxygen atoms in total. The van der Waals surface area contributed by atoms with E-state index in [9.17, 15) is 4.79 Å². The van der Waals surface area contributed by atoms with E-state index in [2.05, 4.69) is 24.1 Å². The molecule has 0 heterocycles. The molecule has 2 rings (SSSR count). The first kappa shape index (κ1) is 16.9. The van der Waals surface area contributed by atoms with E-state index >= 15 is 0 Å². The zero-order chi connectivity index (χ0) is 16.7. The van der Waals surface area contributed by atoms with Gasteiger partial charge in [-0.25, -0.2) is 0 Å². The highest BCUT2D eigenvalue weighted by atomic mass is 16.5. The Morgan fingerprint density at radius 1 is 0.957 bits per heavy atom. The first-order valence-corrected chi connectivity index (χ1v) is 8.07. The molecule has 122 valence electrons. The molecule has 4 heteroatoms. The zero-order valence-corrected chi connectivity index (χ0v) is 14.0. The van der Waals surface area contributed by atoms with Crippen LogP contribution in [0.3, 0.4) is 0 Å². The van der Waals surface area contributed by atoms with Gasteiger partial charge < -0.3 is 15.0 Å². The van der Waals surface area contributed by atoms with Gasteiger partial charge in [0.1, 0.15) is 5.75 Å². The largest absolute Gasteiger partial charge is 0.494 e. The van der Waals surface area contributed by atoms with E-state index in [4.69, 9.17) is 4.74 Å². The Balaban J connectivity index is 2.02. The minimum Gasteiger partial charge on any atom is -0.494 e. The predicted molar refractivity (Wildman–Crippen MR) is 95.6 cm³/mol. The number of ether oxygens (including phenoxy) is 1. The molecule has 1 amide bonds. The van der Waals surface area contributed by atoms with Gasteiger partial charge in [0.2, 0.25) is 0 Å². The third-order valence-corrected chi connectivity index (χ3v) is 3.68. The summed E-state index contributed by atoms with van der Waals surface area (Å²) in [6.45, 7) is 8.72. The van der Waals surface area contributed by atoms with E-state index in [0.717, 1.165) is 30.2 Å². The molecule has 0 spiro atoms. The van der Waals surface area contributed by atoms with Gasteiger partial charge in [0.05, 0.1) is 6.61 Å². The van der Waals surface area contributed by atoms with Crippen LogP contribution in [0.2, 0.25) is 0 Å². The number of nitrogens with one attached hydrogen (secondary N) is 1. The summed E-state index contributed by atoms with van der Waals surface area (Å²) in [4.78, 5) is 14.5. The summed E-state index contributed by atoms with van der Waals surface area (Å²) in [5.41, 5.74) is 2.54. The van der Waals surface area contributed by atoms with Crippen LogP contribution in [0, 0.1) is 0 Å². The van der Waals surface area contributed by atoms with Gasteiger partial charge >= 0.3 is 0 Å². The van der Waals surface area contributed by atoms with Gasteiger partial charge in [-0.15, -0.1) is 0 Å². The Hall–Kier alpha value is -2.49. The highest BCUT2D eigenvalue weighted by Crippen LogP contribution is 2.18. The molecule has 2 aromatic carbocycles. The van der Waals surface area contributed by atoms with Crippen molar-refractivity contribution in [1.29, 1.82) is 0 Å². The van der Waals surface area contributed by atoms with E-state index in [-0.39, 0.29) is 5.91 Å². The summed E-state index contributed by atoms with van der Waals surface area (Å²) in [7, 11) is 0. The molecular formula is C19H24N2O2. The molecule has 0 aromatic heterocycles. The maximum Gasteiger partial charge on any atom is 0.255 e. The molecule has 0 radical (unpaired) electrons. The molecule has 0 saturated carbocycles. The van der Waals surface area contributed by atoms with Gasteiger partial charge in [0.25, 0.3) is 5.91 Å². The van der Waals surface area contributed by atoms with E-state index in [1.165, 1.54) is 0 Å². The normalized spacial score (nSPS) is 10.2. The van der Waals surface area contributed by atoms with Crippen LogP contribution < -0.4 is 15.0 Å². The minimum atomic E-state index is -0.111. The summed E-state index contributed by atoms with van der Waals surface area (Å²) in [5.74, 6) is 0.689. The summed E-state index contributed by atoms with van der Waals surface area (Å²) in [6, 6.07) is 15.1. The topological polar surface area (TPSA) is 41.6 Å². The number of carbonyl (C=O) groups is 1. The molecule has 0 aliphatic carbocycles. The monoisotopic (exact) mass is 312 g/mol. The Labute approximate surface area is 138 Å². The van der Waals surface area contributed by atoms with Crippen LogP contribution in [0.15, 0.2) is 48.5 Å². The van der Waals surface area contributed by atoms with Crippen LogP contribution in [0.5, 0.6) is 5.75 Å². The van der Waals surface area contributed by atoms with Crippen LogP contribution in [0.25, 0.3) is 0 Å². The van der Waals surface area contributed by atoms with Crippen molar-refractivity contribution in [2.24, 2.45) is 0 Å². The molecule has 0 atom stereocenters. The fraction of sp³-hybridized carbons (Fsp3) is 0.316. The minimum absolute atomic E-state index is 0.111. The van der Waals surface area contributed by atoms with Crippen molar-refractivity contribution in [1.82, 2.24) is 0 Å². The summed E-state index contributed by atoms with van der Waals surface area (Å²) < 4.78 is 5.39. The first-order chi connectivity index (χ1) is 11.2. The van der Waals surface area contributed by atoms with Crippen LogP contribution in [0.4, 0.5) is 11.4 Å². The van der Waals surface area contributed by atoms with Crippen LogP contribution in [0.1, 0.15) is 31.1 Å². The Morgan fingerprint density at radius 2 is 1.57 bits per heavy atom. The number of nitrogens with zero attached hydrogens (tertiary/aromatic N) is 1. The molecule has 2 aromatic rings. The first-order valence-electron chi connectivity index (χ1n) is 8.07. The van der Waals surface area contributed by atoms with Gasteiger partial charge in [-0.05, 0) is 69.3 Å². The maximum atomic E-state index is 12.3. The molecular weight excluding hydrogens is 288 g/mol. The molecule has 0 bridgehead atoms. The maximum absolute atomic E-state index is 12.3. The predicted octanol–water partition coefficient (Wildman–Crippen LogP) is 4.18. The fourth-order valence-corrected chi connectivity index (χ4v) is 2.42. The molecule has 23 heavy (non-hydrogen) atoms. The number of amides is 1. The molecule has 0 aliphatic rings. The van der Waals surface area contributed by atoms with Crippen molar-refractivity contribution < 1.29 is 9.53 Å². The molecule has 0 fully saturated rings. The zero-order valence-electron chi connectivity index (χ0n) is 14.0. The summed E-state index contributed by atoms with van der Waals surface area (Å²) in [5, 5.41) is 2.90. The third-order valence-electron chi connectivity index (χ3n) is 3.68. The highest BCUT2D eigenvalue weighted by molar-refractivity contribution is 6.04. The summed E-state index contributed by atoms with van der Waals surface area (Å²) in [6.07, 6.45) is 0. The van der Waals surface area contributed by atoms with E-state index in [1.54, 1.807) is 0 Å². The second kappa shape index (κ2) is 8.22. The molecule has 1 N–H and O–H groups in total. The lowest BCUT2D eigenvalue weighted by molar-refractivity contribution is 0.102. The number of hydrogen-bond donors (Lipinski definition) is 1. The molecule has 0 aliphatic heterocycles. The Kier molecular flexibility index (Phi) is 6.03. The fourth-order valence-electron chi connectivity index (χ4n) is 2.42. The molecule has 0 unspecified atom stereocenters. The van der Waals surface area contributed by atoms with Crippen molar-refractivity contribution in [3.05, 3.63) is 54.1 Å². The average Bonchev–Trinajstić information content (AvgIpc) is 2.58. The van der Waals surface area contributed by atoms with Crippen molar-refractivity contribution in [2.75, 3.05) is 29.9 Å². The van der Waals surface area contributed by atoms with E-state index in [1.807, 2.05) is 55.5 Å². The van der Waals surface area contributed by atoms with Gasteiger partial charge in [-0.3, -0.25) is 4.79 Å². The van der Waals surface area contributed by atoms with Gasteiger partial charge in [-0.1, -0.05) is 0 Å². The third kappa shape index (κ3) is 4.49. The lowest BCUT2D eigenvalue weighted by atomic mass is 10.1. The van der Waals surface area contributed by atoms with E-state index < -0.39 is 0 Å². The number of hydrogen-bond acceptors (Lipinski definition) is 3. The van der Waals surface area contributed by atoms with Gasteiger partial charge in [0, 0.05) is 30.0 Å². The number of anilines is 2. The highest BCUT2D eigenvalue weighted by Gasteiger charge is 2.08. The number of carbonyl (C=O) groups excluding carboxylic acids is 1. The second-order valence-electron chi connectivity index (χ2n) is 5.13. The standard InChI is InChI=1S/C19H24N2O2/c1-4-21(5-2)17-11-7-15(8-12-17)19(22)20-16-9-13-18(14-10-16)23-6-3/h7-14H,4-6H2,1-3H3,(H,20,22). The Bertz CT molecular complexity index is 617. The van der Waals surface area contributed by atoms with Crippen molar-refractivity contribution in [3.63, 3.8) is 0 Å². The van der Waals surface area contributed by atoms with Crippen molar-refractivity contribution in [2.45, 2.75) is 20.8 Å². The molecule has 0 saturated heterocycles. The second-order valence-corrected chi connectivity index (χ2v) is 5.13. The summed E-state index contributed by atoms with van der Waals surface area (Å²) >= 11 is 0. The van der Waals surface area contributed by atoms with Gasteiger partial charge in [0.15, 0.2) is 0 Å². The SMILES string of the molecule is CCOc1ccc(NC(=O)c2ccc(N(CC)CC)cc2)cc1. The van der Waals surface area contributed by atoms with Gasteiger partial charge in [-0.2, -0.15) is 0 Å². The lowest BCUT2D eigenvalue weighted by Crippen LogP contribution is -2.21. The van der Waals surface area contributed by atoms with Crippen molar-refractivity contribution >= 4 is 17.3 Å². The van der Waals surface area contributed by atoms with Crippen LogP contribution in [-0.2, 0) is 0 Å². The smallest absolute Gasteiger partial charge is 0.255 e. The Morgan fingerprint density at radius 3 is 2.09 bits per heavy atom.